The van der Waals surface area contributed by atoms with Gasteiger partial charge in [0.05, 0.1) is 22.5 Å². The van der Waals surface area contributed by atoms with E-state index in [1.165, 1.54) is 19.2 Å². The van der Waals surface area contributed by atoms with Crippen LogP contribution in [-0.2, 0) is 20.0 Å². The van der Waals surface area contributed by atoms with Crippen LogP contribution >= 0.6 is 0 Å². The predicted molar refractivity (Wildman–Crippen MR) is 83.1 cm³/mol. The van der Waals surface area contributed by atoms with E-state index in [4.69, 9.17) is 5.73 Å². The molecule has 0 fully saturated rings. The summed E-state index contributed by atoms with van der Waals surface area (Å²) in [7, 11) is -5.37. The van der Waals surface area contributed by atoms with E-state index in [0.29, 0.717) is 30.9 Å². The molecule has 120 valence electrons. The van der Waals surface area contributed by atoms with Gasteiger partial charge in [0.1, 0.15) is 0 Å². The summed E-state index contributed by atoms with van der Waals surface area (Å²) in [4.78, 5) is 0.0896. The van der Waals surface area contributed by atoms with Crippen molar-refractivity contribution in [3.8, 4) is 0 Å². The normalized spacial score (nSPS) is 12.3. The lowest BCUT2D eigenvalue weighted by atomic mass is 10.2. The van der Waals surface area contributed by atoms with E-state index in [0.717, 1.165) is 6.26 Å². The molecule has 8 nitrogen and oxygen atoms in total. The maximum Gasteiger partial charge on any atom is 0.240 e. The highest BCUT2D eigenvalue weighted by atomic mass is 32.2. The van der Waals surface area contributed by atoms with Crippen molar-refractivity contribution in [2.45, 2.75) is 11.3 Å². The molecule has 0 unspecified atom stereocenters. The minimum absolute atomic E-state index is 0.0896. The third kappa shape index (κ3) is 5.87. The molecule has 10 heteroatoms. The minimum Gasteiger partial charge on any atom is -0.397 e. The molecule has 0 amide bonds. The Balaban J connectivity index is 2.58. The summed E-state index contributed by atoms with van der Waals surface area (Å²) in [6.45, 7) is 0.822. The van der Waals surface area contributed by atoms with E-state index in [1.54, 1.807) is 6.07 Å². The summed E-state index contributed by atoms with van der Waals surface area (Å²) >= 11 is 0. The standard InChI is InChI=1S/C11H20N4O4S2/c1-13-21(18,19)9-4-5-11(10(12)8-9)14-6-3-7-15-20(2,16)17/h4-5,8,13-15H,3,6-7,12H2,1-2H3. The van der Waals surface area contributed by atoms with E-state index in [9.17, 15) is 16.8 Å². The molecule has 1 aromatic carbocycles. The second-order valence-corrected chi connectivity index (χ2v) is 8.12. The smallest absolute Gasteiger partial charge is 0.240 e. The van der Waals surface area contributed by atoms with E-state index < -0.39 is 20.0 Å². The summed E-state index contributed by atoms with van der Waals surface area (Å²) in [5.41, 5.74) is 6.70. The van der Waals surface area contributed by atoms with Crippen molar-refractivity contribution < 1.29 is 16.8 Å². The molecule has 0 aliphatic carbocycles. The monoisotopic (exact) mass is 336 g/mol. The van der Waals surface area contributed by atoms with Crippen molar-refractivity contribution in [1.29, 1.82) is 0 Å². The first kappa shape index (κ1) is 17.7. The number of nitrogens with one attached hydrogen (secondary N) is 3. The van der Waals surface area contributed by atoms with Crippen LogP contribution in [0.4, 0.5) is 11.4 Å². The van der Waals surface area contributed by atoms with Crippen LogP contribution in [0.1, 0.15) is 6.42 Å². The minimum atomic E-state index is -3.52. The van der Waals surface area contributed by atoms with E-state index in [2.05, 4.69) is 14.8 Å². The summed E-state index contributed by atoms with van der Waals surface area (Å²) in [6, 6.07) is 4.38. The average molecular weight is 336 g/mol. The number of hydrogen-bond donors (Lipinski definition) is 4. The third-order valence-electron chi connectivity index (χ3n) is 2.64. The number of anilines is 2. The summed E-state index contributed by atoms with van der Waals surface area (Å²) < 4.78 is 49.5. The highest BCUT2D eigenvalue weighted by molar-refractivity contribution is 7.89. The molecule has 0 spiro atoms. The van der Waals surface area contributed by atoms with Gasteiger partial charge in [-0.05, 0) is 31.7 Å². The fraction of sp³-hybridized carbons (Fsp3) is 0.455. The number of benzene rings is 1. The van der Waals surface area contributed by atoms with Crippen LogP contribution in [0.15, 0.2) is 23.1 Å². The van der Waals surface area contributed by atoms with Gasteiger partial charge >= 0.3 is 0 Å². The van der Waals surface area contributed by atoms with Gasteiger partial charge in [-0.2, -0.15) is 0 Å². The van der Waals surface area contributed by atoms with Crippen LogP contribution in [0.5, 0.6) is 0 Å². The van der Waals surface area contributed by atoms with Crippen molar-refractivity contribution in [1.82, 2.24) is 9.44 Å². The molecule has 0 heterocycles. The van der Waals surface area contributed by atoms with Gasteiger partial charge in [0.2, 0.25) is 20.0 Å². The van der Waals surface area contributed by atoms with Gasteiger partial charge in [-0.25, -0.2) is 26.3 Å². The zero-order chi connectivity index (χ0) is 16.1. The van der Waals surface area contributed by atoms with Crippen LogP contribution in [0.3, 0.4) is 0 Å². The summed E-state index contributed by atoms with van der Waals surface area (Å²) in [5.74, 6) is 0. The number of rotatable bonds is 8. The molecule has 0 saturated heterocycles. The van der Waals surface area contributed by atoms with E-state index >= 15 is 0 Å². The molecule has 21 heavy (non-hydrogen) atoms. The van der Waals surface area contributed by atoms with E-state index in [-0.39, 0.29) is 4.90 Å². The zero-order valence-electron chi connectivity index (χ0n) is 11.9. The Morgan fingerprint density at radius 2 is 1.81 bits per heavy atom. The quantitative estimate of drug-likeness (QED) is 0.375. The molecule has 1 rings (SSSR count). The molecule has 5 N–H and O–H groups in total. The first-order valence-electron chi connectivity index (χ1n) is 6.17. The Labute approximate surface area is 125 Å². The van der Waals surface area contributed by atoms with Crippen LogP contribution in [-0.4, -0.2) is 43.2 Å². The molecule has 0 aromatic heterocycles. The van der Waals surface area contributed by atoms with Crippen molar-refractivity contribution in [2.75, 3.05) is 37.4 Å². The third-order valence-corrected chi connectivity index (χ3v) is 4.78. The lowest BCUT2D eigenvalue weighted by Gasteiger charge is -2.11. The molecule has 0 aliphatic heterocycles. The maximum absolute atomic E-state index is 11.6. The maximum atomic E-state index is 11.6. The van der Waals surface area contributed by atoms with Gasteiger partial charge < -0.3 is 11.1 Å². The molecular weight excluding hydrogens is 316 g/mol. The van der Waals surface area contributed by atoms with Crippen LogP contribution in [0.2, 0.25) is 0 Å². The van der Waals surface area contributed by atoms with Crippen molar-refractivity contribution in [2.24, 2.45) is 0 Å². The number of sulfonamides is 2. The Bertz CT molecular complexity index is 686. The second-order valence-electron chi connectivity index (χ2n) is 4.40. The second kappa shape index (κ2) is 7.07. The lowest BCUT2D eigenvalue weighted by Crippen LogP contribution is -2.24. The Kier molecular flexibility index (Phi) is 5.96. The van der Waals surface area contributed by atoms with Gasteiger partial charge in [0.15, 0.2) is 0 Å². The van der Waals surface area contributed by atoms with Crippen LogP contribution in [0, 0.1) is 0 Å². The highest BCUT2D eigenvalue weighted by Crippen LogP contribution is 2.22. The van der Waals surface area contributed by atoms with E-state index in [1.807, 2.05) is 0 Å². The predicted octanol–water partition coefficient (Wildman–Crippen LogP) is -0.472. The SMILES string of the molecule is CNS(=O)(=O)c1ccc(NCCCNS(C)(=O)=O)c(N)c1. The Morgan fingerprint density at radius 3 is 2.33 bits per heavy atom. The first-order valence-corrected chi connectivity index (χ1v) is 9.55. The summed E-state index contributed by atoms with van der Waals surface area (Å²) in [6.07, 6.45) is 1.67. The largest absolute Gasteiger partial charge is 0.397 e. The molecule has 0 aliphatic rings. The van der Waals surface area contributed by atoms with Crippen molar-refractivity contribution in [3.63, 3.8) is 0 Å². The Hall–Kier alpha value is -1.36. The van der Waals surface area contributed by atoms with Crippen molar-refractivity contribution in [3.05, 3.63) is 18.2 Å². The first-order chi connectivity index (χ1) is 9.65. The topological polar surface area (TPSA) is 130 Å². The van der Waals surface area contributed by atoms with Gasteiger partial charge in [-0.15, -0.1) is 0 Å². The van der Waals surface area contributed by atoms with Gasteiger partial charge in [-0.3, -0.25) is 0 Å². The molecular formula is C11H20N4O4S2. The number of hydrogen-bond acceptors (Lipinski definition) is 6. The molecule has 0 saturated carbocycles. The fourth-order valence-electron chi connectivity index (χ4n) is 1.56. The highest BCUT2D eigenvalue weighted by Gasteiger charge is 2.12. The lowest BCUT2D eigenvalue weighted by molar-refractivity contribution is 0.585. The number of nitrogens with two attached hydrogens (primary N) is 1. The van der Waals surface area contributed by atoms with Crippen LogP contribution < -0.4 is 20.5 Å². The van der Waals surface area contributed by atoms with Crippen molar-refractivity contribution >= 4 is 31.4 Å². The molecule has 1 aromatic rings. The molecule has 0 radical (unpaired) electrons. The van der Waals surface area contributed by atoms with Gasteiger partial charge in [0.25, 0.3) is 0 Å². The van der Waals surface area contributed by atoms with Gasteiger partial charge in [-0.1, -0.05) is 0 Å². The Morgan fingerprint density at radius 1 is 1.14 bits per heavy atom. The van der Waals surface area contributed by atoms with Gasteiger partial charge in [0, 0.05) is 13.1 Å². The average Bonchev–Trinajstić information content (AvgIpc) is 2.38. The summed E-state index contributed by atoms with van der Waals surface area (Å²) in [5, 5.41) is 3.02. The molecule has 0 atom stereocenters. The zero-order valence-corrected chi connectivity index (χ0v) is 13.5. The van der Waals surface area contributed by atoms with Crippen LogP contribution in [0.25, 0.3) is 0 Å². The number of nitrogen functional groups attached to an aromatic ring is 1. The molecule has 0 bridgehead atoms. The fourth-order valence-corrected chi connectivity index (χ4v) is 2.84.